The number of hydrogen-bond donors (Lipinski definition) is 2. The number of para-hydroxylation sites is 1. The first-order valence-corrected chi connectivity index (χ1v) is 8.72. The molecule has 1 radical (unpaired) electrons. The van der Waals surface area contributed by atoms with Crippen LogP contribution in [0.3, 0.4) is 0 Å². The van der Waals surface area contributed by atoms with E-state index in [1.165, 1.54) is 0 Å². The summed E-state index contributed by atoms with van der Waals surface area (Å²) in [7, 11) is 0. The van der Waals surface area contributed by atoms with Gasteiger partial charge in [0, 0.05) is 12.7 Å². The number of fused-ring (bicyclic) bond motifs is 1. The summed E-state index contributed by atoms with van der Waals surface area (Å²) in [6.07, 6.45) is 5.58. The monoisotopic (exact) mass is 347 g/mol. The molecule has 0 aliphatic carbocycles. The molecule has 0 aliphatic heterocycles. The van der Waals surface area contributed by atoms with E-state index in [0.717, 1.165) is 32.8 Å². The number of phenols is 1. The summed E-state index contributed by atoms with van der Waals surface area (Å²) in [4.78, 5) is 13.2. The highest BCUT2D eigenvalue weighted by atomic mass is 32.1. The Morgan fingerprint density at radius 3 is 2.68 bits per heavy atom. The molecule has 0 aliphatic rings. The maximum atomic E-state index is 9.28. The van der Waals surface area contributed by atoms with Crippen LogP contribution in [0.5, 0.6) is 5.75 Å². The van der Waals surface area contributed by atoms with Crippen molar-refractivity contribution in [2.45, 2.75) is 6.42 Å². The van der Waals surface area contributed by atoms with Gasteiger partial charge in [0.15, 0.2) is 0 Å². The van der Waals surface area contributed by atoms with Crippen LogP contribution in [0.25, 0.3) is 20.8 Å². The number of aromatic nitrogens is 3. The van der Waals surface area contributed by atoms with Crippen LogP contribution in [0.15, 0.2) is 54.7 Å². The van der Waals surface area contributed by atoms with E-state index >= 15 is 0 Å². The number of benzene rings is 2. The Morgan fingerprint density at radius 2 is 1.92 bits per heavy atom. The molecule has 5 nitrogen and oxygen atoms in total. The van der Waals surface area contributed by atoms with Gasteiger partial charge in [-0.2, -0.15) is 0 Å². The minimum absolute atomic E-state index is 0.278. The van der Waals surface area contributed by atoms with Crippen LogP contribution in [-0.2, 0) is 6.42 Å². The van der Waals surface area contributed by atoms with Gasteiger partial charge in [-0.25, -0.2) is 15.0 Å². The quantitative estimate of drug-likeness (QED) is 0.573. The molecule has 4 rings (SSSR count). The van der Waals surface area contributed by atoms with Crippen LogP contribution in [0.2, 0.25) is 0 Å². The molecule has 25 heavy (non-hydrogen) atoms. The molecular formula is C19H15N4OS. The van der Waals surface area contributed by atoms with Crippen LogP contribution in [0, 0.1) is 6.20 Å². The van der Waals surface area contributed by atoms with E-state index in [-0.39, 0.29) is 5.75 Å². The summed E-state index contributed by atoms with van der Waals surface area (Å²) < 4.78 is 1.14. The normalized spacial score (nSPS) is 10.9. The third-order valence-corrected chi connectivity index (χ3v) is 4.83. The lowest BCUT2D eigenvalue weighted by Crippen LogP contribution is -2.07. The van der Waals surface area contributed by atoms with Crippen molar-refractivity contribution >= 4 is 27.5 Å². The lowest BCUT2D eigenvalue weighted by atomic mass is 10.1. The van der Waals surface area contributed by atoms with E-state index in [1.54, 1.807) is 29.7 Å². The topological polar surface area (TPSA) is 70.9 Å². The molecule has 2 aromatic carbocycles. The van der Waals surface area contributed by atoms with E-state index in [1.807, 2.05) is 30.3 Å². The first-order valence-electron chi connectivity index (χ1n) is 7.90. The Bertz CT molecular complexity index is 947. The van der Waals surface area contributed by atoms with Crippen molar-refractivity contribution in [3.05, 3.63) is 66.5 Å². The fourth-order valence-corrected chi connectivity index (χ4v) is 3.38. The zero-order chi connectivity index (χ0) is 17.1. The van der Waals surface area contributed by atoms with Crippen LogP contribution in [0.1, 0.15) is 5.56 Å². The van der Waals surface area contributed by atoms with E-state index in [4.69, 9.17) is 0 Å². The first kappa shape index (κ1) is 15.5. The van der Waals surface area contributed by atoms with Crippen LogP contribution >= 0.6 is 11.3 Å². The van der Waals surface area contributed by atoms with Gasteiger partial charge >= 0.3 is 0 Å². The molecule has 4 aromatic rings. The van der Waals surface area contributed by atoms with Gasteiger partial charge in [0.2, 0.25) is 5.95 Å². The third kappa shape index (κ3) is 3.59. The van der Waals surface area contributed by atoms with Crippen molar-refractivity contribution < 1.29 is 5.11 Å². The van der Waals surface area contributed by atoms with E-state index in [0.29, 0.717) is 12.5 Å². The lowest BCUT2D eigenvalue weighted by Gasteiger charge is -2.05. The van der Waals surface area contributed by atoms with E-state index in [2.05, 4.69) is 32.5 Å². The predicted molar refractivity (Wildman–Crippen MR) is 99.8 cm³/mol. The molecule has 2 N–H and O–H groups in total. The summed E-state index contributed by atoms with van der Waals surface area (Å²) in [6.45, 7) is 0.707. The van der Waals surface area contributed by atoms with E-state index < -0.39 is 0 Å². The molecule has 6 heteroatoms. The van der Waals surface area contributed by atoms with Crippen LogP contribution in [-0.4, -0.2) is 26.6 Å². The van der Waals surface area contributed by atoms with E-state index in [9.17, 15) is 5.11 Å². The number of thiazole rings is 1. The third-order valence-electron chi connectivity index (χ3n) is 3.76. The largest absolute Gasteiger partial charge is 0.508 e. The minimum atomic E-state index is 0.278. The highest BCUT2D eigenvalue weighted by Gasteiger charge is 2.07. The van der Waals surface area contributed by atoms with Crippen LogP contribution < -0.4 is 5.32 Å². The second-order valence-corrected chi connectivity index (χ2v) is 6.58. The zero-order valence-electron chi connectivity index (χ0n) is 13.3. The van der Waals surface area contributed by atoms with Gasteiger partial charge in [-0.05, 0) is 36.2 Å². The molecule has 0 fully saturated rings. The number of rotatable bonds is 5. The van der Waals surface area contributed by atoms with Crippen molar-refractivity contribution in [3.63, 3.8) is 0 Å². The van der Waals surface area contributed by atoms with Crippen molar-refractivity contribution in [3.8, 4) is 16.3 Å². The van der Waals surface area contributed by atoms with Crippen LogP contribution in [0.4, 0.5) is 5.95 Å². The Morgan fingerprint density at radius 1 is 1.08 bits per heavy atom. The fourth-order valence-electron chi connectivity index (χ4n) is 2.45. The average Bonchev–Trinajstić information content (AvgIpc) is 3.08. The SMILES string of the molecule is Oc1ccc(CCNc2n[c]c(-c3nc4ccccc4s3)cn2)cc1. The van der Waals surface area contributed by atoms with Crippen molar-refractivity contribution in [1.29, 1.82) is 0 Å². The minimum Gasteiger partial charge on any atom is -0.508 e. The summed E-state index contributed by atoms with van der Waals surface area (Å²) in [5.74, 6) is 0.823. The summed E-state index contributed by atoms with van der Waals surface area (Å²) in [5, 5.41) is 13.3. The molecule has 0 amide bonds. The maximum absolute atomic E-state index is 9.28. The second kappa shape index (κ2) is 6.86. The lowest BCUT2D eigenvalue weighted by molar-refractivity contribution is 0.475. The van der Waals surface area contributed by atoms with Gasteiger partial charge in [0.25, 0.3) is 0 Å². The molecule has 0 saturated heterocycles. The predicted octanol–water partition coefficient (Wildman–Crippen LogP) is 3.91. The fraction of sp³-hybridized carbons (Fsp3) is 0.105. The number of hydrogen-bond acceptors (Lipinski definition) is 6. The number of anilines is 1. The summed E-state index contributed by atoms with van der Waals surface area (Å²) in [5.41, 5.74) is 2.91. The Balaban J connectivity index is 1.40. The smallest absolute Gasteiger partial charge is 0.223 e. The molecule has 0 bridgehead atoms. The molecule has 123 valence electrons. The average molecular weight is 347 g/mol. The maximum Gasteiger partial charge on any atom is 0.223 e. The summed E-state index contributed by atoms with van der Waals surface area (Å²) >= 11 is 1.61. The van der Waals surface area contributed by atoms with Gasteiger partial charge in [0.05, 0.1) is 15.8 Å². The number of nitrogens with one attached hydrogen (secondary N) is 1. The standard InChI is InChI=1S/C19H15N4OS/c24-15-7-5-13(6-8-15)9-10-20-19-21-11-14(12-22-19)18-23-16-3-1-2-4-17(16)25-18/h1-8,11,24H,9-10H2,(H,20,21,22). The summed E-state index contributed by atoms with van der Waals surface area (Å²) in [6, 6.07) is 15.2. The van der Waals surface area contributed by atoms with Gasteiger partial charge in [-0.15, -0.1) is 11.3 Å². The van der Waals surface area contributed by atoms with Crippen molar-refractivity contribution in [1.82, 2.24) is 15.0 Å². The molecular weight excluding hydrogens is 332 g/mol. The molecule has 0 unspecified atom stereocenters. The Labute approximate surface area is 149 Å². The molecule has 2 heterocycles. The van der Waals surface area contributed by atoms with Crippen molar-refractivity contribution in [2.75, 3.05) is 11.9 Å². The van der Waals surface area contributed by atoms with Gasteiger partial charge in [-0.3, -0.25) is 0 Å². The second-order valence-electron chi connectivity index (χ2n) is 5.55. The Kier molecular flexibility index (Phi) is 4.26. The molecule has 0 atom stereocenters. The molecule has 0 spiro atoms. The first-order chi connectivity index (χ1) is 12.3. The molecule has 0 saturated carbocycles. The Hall–Kier alpha value is -2.99. The zero-order valence-corrected chi connectivity index (χ0v) is 14.1. The highest BCUT2D eigenvalue weighted by molar-refractivity contribution is 7.21. The number of phenolic OH excluding ortho intramolecular Hbond substituents is 1. The van der Waals surface area contributed by atoms with Gasteiger partial charge in [0.1, 0.15) is 17.0 Å². The van der Waals surface area contributed by atoms with Crippen molar-refractivity contribution in [2.24, 2.45) is 0 Å². The highest BCUT2D eigenvalue weighted by Crippen LogP contribution is 2.29. The number of nitrogens with zero attached hydrogens (tertiary/aromatic N) is 3. The number of aromatic hydroxyl groups is 1. The molecule has 2 aromatic heterocycles. The van der Waals surface area contributed by atoms with Gasteiger partial charge < -0.3 is 10.4 Å². The van der Waals surface area contributed by atoms with Gasteiger partial charge in [-0.1, -0.05) is 24.3 Å².